The number of aliphatic hydroxyl groups is 1. The van der Waals surface area contributed by atoms with Crippen molar-refractivity contribution in [3.05, 3.63) is 71.8 Å². The molecule has 2 aromatic carbocycles. The maximum absolute atomic E-state index is 11.3. The van der Waals surface area contributed by atoms with Crippen LogP contribution in [0.1, 0.15) is 24.5 Å². The van der Waals surface area contributed by atoms with E-state index in [4.69, 9.17) is 5.73 Å². The first kappa shape index (κ1) is 13.8. The van der Waals surface area contributed by atoms with Crippen LogP contribution in [0.2, 0.25) is 0 Å². The summed E-state index contributed by atoms with van der Waals surface area (Å²) in [6.45, 7) is 2.52. The fraction of sp³-hybridized carbons (Fsp3) is 0.294. The minimum Gasteiger partial charge on any atom is -0.380 e. The molecule has 2 nitrogen and oxygen atoms in total. The van der Waals surface area contributed by atoms with Crippen molar-refractivity contribution in [1.82, 2.24) is 0 Å². The SMILES string of the molecule is CCC(CN)C(O)(c1ccccc1)c1ccccc1. The first-order valence-corrected chi connectivity index (χ1v) is 6.77. The lowest BCUT2D eigenvalue weighted by atomic mass is 9.75. The van der Waals surface area contributed by atoms with E-state index in [9.17, 15) is 5.11 Å². The van der Waals surface area contributed by atoms with Gasteiger partial charge in [0.15, 0.2) is 0 Å². The lowest BCUT2D eigenvalue weighted by Crippen LogP contribution is -2.40. The number of rotatable bonds is 5. The molecule has 0 saturated heterocycles. The highest BCUT2D eigenvalue weighted by Gasteiger charge is 2.38. The minimum absolute atomic E-state index is 0.00250. The van der Waals surface area contributed by atoms with E-state index >= 15 is 0 Å². The van der Waals surface area contributed by atoms with E-state index in [1.54, 1.807) is 0 Å². The second-order valence-electron chi connectivity index (χ2n) is 4.84. The molecule has 3 N–H and O–H groups in total. The first-order chi connectivity index (χ1) is 9.23. The van der Waals surface area contributed by atoms with Gasteiger partial charge in [-0.3, -0.25) is 0 Å². The Kier molecular flexibility index (Phi) is 4.35. The molecular weight excluding hydrogens is 234 g/mol. The molecule has 1 atom stereocenters. The average Bonchev–Trinajstić information content (AvgIpc) is 2.50. The standard InChI is InChI=1S/C17H21NO/c1-2-14(13-18)17(19,15-9-5-3-6-10-15)16-11-7-4-8-12-16/h3-12,14,19H,2,13,18H2,1H3. The van der Waals surface area contributed by atoms with Crippen LogP contribution < -0.4 is 5.73 Å². The molecule has 0 heterocycles. The Morgan fingerprint density at radius 1 is 0.947 bits per heavy atom. The summed E-state index contributed by atoms with van der Waals surface area (Å²) in [5.41, 5.74) is 6.67. The second kappa shape index (κ2) is 6.00. The first-order valence-electron chi connectivity index (χ1n) is 6.77. The van der Waals surface area contributed by atoms with E-state index < -0.39 is 5.60 Å². The molecule has 0 spiro atoms. The van der Waals surface area contributed by atoms with Gasteiger partial charge in [-0.2, -0.15) is 0 Å². The maximum Gasteiger partial charge on any atom is 0.119 e. The van der Waals surface area contributed by atoms with Crippen LogP contribution in [0.25, 0.3) is 0 Å². The summed E-state index contributed by atoms with van der Waals surface area (Å²) in [5.74, 6) is -0.00250. The number of hydrogen-bond donors (Lipinski definition) is 2. The average molecular weight is 255 g/mol. The summed E-state index contributed by atoms with van der Waals surface area (Å²) in [4.78, 5) is 0. The predicted molar refractivity (Wildman–Crippen MR) is 78.7 cm³/mol. The van der Waals surface area contributed by atoms with Crippen molar-refractivity contribution < 1.29 is 5.11 Å². The monoisotopic (exact) mass is 255 g/mol. The van der Waals surface area contributed by atoms with Crippen LogP contribution >= 0.6 is 0 Å². The lowest BCUT2D eigenvalue weighted by Gasteiger charge is -2.36. The fourth-order valence-electron chi connectivity index (χ4n) is 2.66. The topological polar surface area (TPSA) is 46.2 Å². The summed E-state index contributed by atoms with van der Waals surface area (Å²) in [6.07, 6.45) is 0.830. The third-order valence-corrected chi connectivity index (χ3v) is 3.80. The smallest absolute Gasteiger partial charge is 0.119 e. The molecule has 2 rings (SSSR count). The van der Waals surface area contributed by atoms with Gasteiger partial charge in [-0.25, -0.2) is 0 Å². The van der Waals surface area contributed by atoms with Gasteiger partial charge in [-0.1, -0.05) is 67.6 Å². The molecule has 19 heavy (non-hydrogen) atoms. The van der Waals surface area contributed by atoms with Crippen LogP contribution in [-0.4, -0.2) is 11.7 Å². The highest BCUT2D eigenvalue weighted by molar-refractivity contribution is 5.37. The molecule has 0 aliphatic carbocycles. The van der Waals surface area contributed by atoms with Gasteiger partial charge in [-0.15, -0.1) is 0 Å². The van der Waals surface area contributed by atoms with Gasteiger partial charge in [0.2, 0.25) is 0 Å². The zero-order chi connectivity index (χ0) is 13.7. The van der Waals surface area contributed by atoms with Crippen molar-refractivity contribution in [3.63, 3.8) is 0 Å². The molecule has 2 aromatic rings. The van der Waals surface area contributed by atoms with Crippen molar-refractivity contribution >= 4 is 0 Å². The third-order valence-electron chi connectivity index (χ3n) is 3.80. The molecule has 100 valence electrons. The van der Waals surface area contributed by atoms with Crippen LogP contribution in [0.3, 0.4) is 0 Å². The molecule has 1 unspecified atom stereocenters. The van der Waals surface area contributed by atoms with Gasteiger partial charge in [0.1, 0.15) is 5.60 Å². The summed E-state index contributed by atoms with van der Waals surface area (Å²) in [7, 11) is 0. The number of nitrogens with two attached hydrogens (primary N) is 1. The van der Waals surface area contributed by atoms with E-state index in [-0.39, 0.29) is 5.92 Å². The summed E-state index contributed by atoms with van der Waals surface area (Å²) >= 11 is 0. The molecule has 0 fully saturated rings. The Hall–Kier alpha value is -1.64. The summed E-state index contributed by atoms with van der Waals surface area (Å²) < 4.78 is 0. The van der Waals surface area contributed by atoms with E-state index in [0.29, 0.717) is 6.54 Å². The predicted octanol–water partition coefficient (Wildman–Crippen LogP) is 2.91. The van der Waals surface area contributed by atoms with Gasteiger partial charge in [0, 0.05) is 5.92 Å². The number of benzene rings is 2. The third kappa shape index (κ3) is 2.55. The molecule has 0 aromatic heterocycles. The normalized spacial score (nSPS) is 13.2. The Labute approximate surface area is 114 Å². The van der Waals surface area contributed by atoms with Gasteiger partial charge < -0.3 is 10.8 Å². The molecule has 0 saturated carbocycles. The van der Waals surface area contributed by atoms with Crippen LogP contribution in [0.15, 0.2) is 60.7 Å². The maximum atomic E-state index is 11.3. The van der Waals surface area contributed by atoms with Crippen molar-refractivity contribution in [3.8, 4) is 0 Å². The Bertz CT molecular complexity index is 452. The van der Waals surface area contributed by atoms with Gasteiger partial charge in [-0.05, 0) is 24.1 Å². The second-order valence-corrected chi connectivity index (χ2v) is 4.84. The van der Waals surface area contributed by atoms with E-state index in [2.05, 4.69) is 6.92 Å². The lowest BCUT2D eigenvalue weighted by molar-refractivity contribution is 0.0180. The molecule has 0 amide bonds. The van der Waals surface area contributed by atoms with Gasteiger partial charge in [0.05, 0.1) is 0 Å². The van der Waals surface area contributed by atoms with Crippen molar-refractivity contribution in [1.29, 1.82) is 0 Å². The van der Waals surface area contributed by atoms with Crippen molar-refractivity contribution in [2.75, 3.05) is 6.54 Å². The zero-order valence-electron chi connectivity index (χ0n) is 11.3. The van der Waals surface area contributed by atoms with E-state index in [0.717, 1.165) is 17.5 Å². The van der Waals surface area contributed by atoms with Crippen LogP contribution in [0, 0.1) is 5.92 Å². The molecular formula is C17H21NO. The Morgan fingerprint density at radius 3 is 1.68 bits per heavy atom. The van der Waals surface area contributed by atoms with Crippen molar-refractivity contribution in [2.45, 2.75) is 18.9 Å². The van der Waals surface area contributed by atoms with Crippen LogP contribution in [-0.2, 0) is 5.60 Å². The van der Waals surface area contributed by atoms with Crippen LogP contribution in [0.5, 0.6) is 0 Å². The largest absolute Gasteiger partial charge is 0.380 e. The molecule has 2 heteroatoms. The Balaban J connectivity index is 2.57. The molecule has 0 radical (unpaired) electrons. The minimum atomic E-state index is -1.02. The quantitative estimate of drug-likeness (QED) is 0.863. The van der Waals surface area contributed by atoms with Crippen LogP contribution in [0.4, 0.5) is 0 Å². The van der Waals surface area contributed by atoms with E-state index in [1.807, 2.05) is 60.7 Å². The van der Waals surface area contributed by atoms with E-state index in [1.165, 1.54) is 0 Å². The van der Waals surface area contributed by atoms with Gasteiger partial charge in [0.25, 0.3) is 0 Å². The zero-order valence-corrected chi connectivity index (χ0v) is 11.3. The summed E-state index contributed by atoms with van der Waals surface area (Å²) in [5, 5.41) is 11.3. The van der Waals surface area contributed by atoms with Crippen molar-refractivity contribution in [2.24, 2.45) is 11.7 Å². The summed E-state index contributed by atoms with van der Waals surface area (Å²) in [6, 6.07) is 19.6. The number of hydrogen-bond acceptors (Lipinski definition) is 2. The fourth-order valence-corrected chi connectivity index (χ4v) is 2.66. The Morgan fingerprint density at radius 2 is 1.37 bits per heavy atom. The molecule has 0 aliphatic heterocycles. The van der Waals surface area contributed by atoms with Gasteiger partial charge >= 0.3 is 0 Å². The highest BCUT2D eigenvalue weighted by Crippen LogP contribution is 2.37. The molecule has 0 bridgehead atoms. The highest BCUT2D eigenvalue weighted by atomic mass is 16.3. The molecule has 0 aliphatic rings.